The van der Waals surface area contributed by atoms with E-state index in [1.165, 1.54) is 30.2 Å². The molecular weight excluding hydrogens is 488 g/mol. The molecule has 0 saturated heterocycles. The molecule has 0 spiro atoms. The molecule has 6 rings (SSSR count). The van der Waals surface area contributed by atoms with Crippen LogP contribution in [0.1, 0.15) is 60.3 Å². The molecule has 1 atom stereocenters. The van der Waals surface area contributed by atoms with Crippen LogP contribution < -0.4 is 16.6 Å². The number of aromatic nitrogens is 4. The highest BCUT2D eigenvalue weighted by molar-refractivity contribution is 6.04. The third-order valence-corrected chi connectivity index (χ3v) is 7.51. The maximum atomic E-state index is 14.2. The van der Waals surface area contributed by atoms with Crippen LogP contribution in [0.3, 0.4) is 0 Å². The van der Waals surface area contributed by atoms with Crippen molar-refractivity contribution in [1.29, 1.82) is 0 Å². The van der Waals surface area contributed by atoms with E-state index in [2.05, 4.69) is 27.6 Å². The number of allylic oxidation sites excluding steroid dienone is 1. The Morgan fingerprint density at radius 2 is 1.90 bits per heavy atom. The number of anilines is 1. The number of carbonyl (C=O) groups excluding carboxylic acids is 1. The van der Waals surface area contributed by atoms with E-state index >= 15 is 0 Å². The molecule has 39 heavy (non-hydrogen) atoms. The molecule has 3 heterocycles. The predicted molar refractivity (Wildman–Crippen MR) is 154 cm³/mol. The summed E-state index contributed by atoms with van der Waals surface area (Å²) in [5, 5.41) is 8.71. The summed E-state index contributed by atoms with van der Waals surface area (Å²) in [6.07, 6.45) is 12.5. The number of fused-ring (bicyclic) bond motifs is 2. The Morgan fingerprint density at radius 1 is 1.10 bits per heavy atom. The normalized spacial score (nSPS) is 14.9. The number of para-hydroxylation sites is 1. The second kappa shape index (κ2) is 10.2. The standard InChI is InChI=1S/C31H30N6O2/c1-20(34-30(38)27-28(32)35-36-18-8-17-33-29(27)36)25-19-23-12-7-11-22(16-15-21-9-5-6-10-21)26(23)31(39)37(25)24-13-3-2-4-14-24/h2-4,7-8,11-21H,5-6,9-10H2,1H3,(H2,32,35)(H,34,38)/b16-15+. The van der Waals surface area contributed by atoms with Crippen molar-refractivity contribution in [3.63, 3.8) is 0 Å². The third-order valence-electron chi connectivity index (χ3n) is 7.51. The van der Waals surface area contributed by atoms with Gasteiger partial charge in [-0.05, 0) is 60.9 Å². The van der Waals surface area contributed by atoms with Gasteiger partial charge < -0.3 is 11.1 Å². The minimum atomic E-state index is -0.523. The van der Waals surface area contributed by atoms with Crippen LogP contribution in [-0.2, 0) is 0 Å². The monoisotopic (exact) mass is 518 g/mol. The number of benzene rings is 2. The Balaban J connectivity index is 1.45. The molecule has 1 aliphatic rings. The fourth-order valence-electron chi connectivity index (χ4n) is 5.56. The molecule has 1 fully saturated rings. The van der Waals surface area contributed by atoms with Gasteiger partial charge in [-0.25, -0.2) is 9.50 Å². The lowest BCUT2D eigenvalue weighted by molar-refractivity contribution is 0.0941. The minimum absolute atomic E-state index is 0.0936. The number of nitrogens with zero attached hydrogens (tertiary/aromatic N) is 4. The van der Waals surface area contributed by atoms with E-state index < -0.39 is 11.9 Å². The molecule has 8 heteroatoms. The van der Waals surface area contributed by atoms with Gasteiger partial charge in [0.15, 0.2) is 11.5 Å². The summed E-state index contributed by atoms with van der Waals surface area (Å²) in [6.45, 7) is 1.86. The summed E-state index contributed by atoms with van der Waals surface area (Å²) in [4.78, 5) is 31.9. The smallest absolute Gasteiger partial charge is 0.263 e. The topological polar surface area (TPSA) is 107 Å². The van der Waals surface area contributed by atoms with Crippen molar-refractivity contribution in [3.05, 3.63) is 106 Å². The lowest BCUT2D eigenvalue weighted by Crippen LogP contribution is -2.32. The Hall–Kier alpha value is -4.72. The second-order valence-electron chi connectivity index (χ2n) is 10.1. The van der Waals surface area contributed by atoms with Crippen LogP contribution in [0.4, 0.5) is 5.82 Å². The van der Waals surface area contributed by atoms with E-state index in [-0.39, 0.29) is 16.9 Å². The molecule has 196 valence electrons. The Kier molecular flexibility index (Phi) is 6.44. The molecule has 0 aliphatic heterocycles. The van der Waals surface area contributed by atoms with Gasteiger partial charge in [-0.2, -0.15) is 0 Å². The van der Waals surface area contributed by atoms with E-state index in [9.17, 15) is 9.59 Å². The number of amides is 1. The molecule has 1 unspecified atom stereocenters. The average Bonchev–Trinajstić information content (AvgIpc) is 3.59. The van der Waals surface area contributed by atoms with Crippen LogP contribution in [-0.4, -0.2) is 25.1 Å². The summed E-state index contributed by atoms with van der Waals surface area (Å²) in [5.41, 5.74) is 8.83. The number of nitrogen functional groups attached to an aromatic ring is 1. The summed E-state index contributed by atoms with van der Waals surface area (Å²) in [6, 6.07) is 18.6. The average molecular weight is 519 g/mol. The highest BCUT2D eigenvalue weighted by Crippen LogP contribution is 2.28. The molecule has 1 amide bonds. The molecule has 0 radical (unpaired) electrons. The SMILES string of the molecule is CC(NC(=O)c1c(N)nn2cccnc12)c1cc2cccc(/C=C/C3CCCC3)c2c(=O)n1-c1ccccc1. The van der Waals surface area contributed by atoms with Gasteiger partial charge in [0.25, 0.3) is 11.5 Å². The zero-order valence-corrected chi connectivity index (χ0v) is 21.7. The first-order valence-electron chi connectivity index (χ1n) is 13.3. The summed E-state index contributed by atoms with van der Waals surface area (Å²) < 4.78 is 3.17. The highest BCUT2D eigenvalue weighted by atomic mass is 16.2. The molecule has 1 saturated carbocycles. The van der Waals surface area contributed by atoms with Crippen molar-refractivity contribution in [2.24, 2.45) is 5.92 Å². The lowest BCUT2D eigenvalue weighted by atomic mass is 10.0. The zero-order valence-electron chi connectivity index (χ0n) is 21.7. The lowest BCUT2D eigenvalue weighted by Gasteiger charge is -2.21. The van der Waals surface area contributed by atoms with E-state index in [0.29, 0.717) is 22.6 Å². The summed E-state index contributed by atoms with van der Waals surface area (Å²) in [5.74, 6) is 0.248. The third kappa shape index (κ3) is 4.58. The van der Waals surface area contributed by atoms with Crippen LogP contribution in [0.25, 0.3) is 28.2 Å². The van der Waals surface area contributed by atoms with Crippen LogP contribution >= 0.6 is 0 Å². The van der Waals surface area contributed by atoms with Crippen LogP contribution in [0.5, 0.6) is 0 Å². The van der Waals surface area contributed by atoms with Gasteiger partial charge >= 0.3 is 0 Å². The van der Waals surface area contributed by atoms with Crippen LogP contribution in [0.2, 0.25) is 0 Å². The zero-order chi connectivity index (χ0) is 26.9. The van der Waals surface area contributed by atoms with Gasteiger partial charge in [-0.1, -0.05) is 61.4 Å². The van der Waals surface area contributed by atoms with Gasteiger partial charge in [-0.3, -0.25) is 14.2 Å². The first-order valence-corrected chi connectivity index (χ1v) is 13.3. The van der Waals surface area contributed by atoms with E-state index in [0.717, 1.165) is 16.6 Å². The Labute approximate surface area is 225 Å². The van der Waals surface area contributed by atoms with Crippen molar-refractivity contribution in [2.45, 2.75) is 38.6 Å². The van der Waals surface area contributed by atoms with Crippen molar-refractivity contribution in [3.8, 4) is 5.69 Å². The quantitative estimate of drug-likeness (QED) is 0.317. The van der Waals surface area contributed by atoms with Gasteiger partial charge in [0.2, 0.25) is 0 Å². The van der Waals surface area contributed by atoms with Crippen LogP contribution in [0, 0.1) is 5.92 Å². The molecule has 8 nitrogen and oxygen atoms in total. The number of rotatable bonds is 6. The molecule has 1 aliphatic carbocycles. The van der Waals surface area contributed by atoms with Gasteiger partial charge in [0.1, 0.15) is 5.56 Å². The van der Waals surface area contributed by atoms with Gasteiger partial charge in [-0.15, -0.1) is 5.10 Å². The molecule has 3 aromatic heterocycles. The summed E-state index contributed by atoms with van der Waals surface area (Å²) in [7, 11) is 0. The largest absolute Gasteiger partial charge is 0.381 e. The molecule has 0 bridgehead atoms. The first kappa shape index (κ1) is 24.6. The number of pyridine rings is 1. The Bertz CT molecular complexity index is 1760. The van der Waals surface area contributed by atoms with Crippen LogP contribution in [0.15, 0.2) is 83.9 Å². The fourth-order valence-corrected chi connectivity index (χ4v) is 5.56. The van der Waals surface area contributed by atoms with Crippen molar-refractivity contribution in [1.82, 2.24) is 24.5 Å². The number of carbonyl (C=O) groups is 1. The second-order valence-corrected chi connectivity index (χ2v) is 10.1. The van der Waals surface area contributed by atoms with Crippen molar-refractivity contribution < 1.29 is 4.79 Å². The van der Waals surface area contributed by atoms with Gasteiger partial charge in [0, 0.05) is 23.8 Å². The number of hydrogen-bond donors (Lipinski definition) is 2. The molecule has 5 aromatic rings. The molecule has 2 aromatic carbocycles. The number of hydrogen-bond acceptors (Lipinski definition) is 5. The first-order chi connectivity index (χ1) is 19.0. The minimum Gasteiger partial charge on any atom is -0.381 e. The highest BCUT2D eigenvalue weighted by Gasteiger charge is 2.24. The van der Waals surface area contributed by atoms with Gasteiger partial charge in [0.05, 0.1) is 11.4 Å². The fraction of sp³-hybridized carbons (Fsp3) is 0.226. The van der Waals surface area contributed by atoms with E-state index in [1.54, 1.807) is 23.0 Å². The Morgan fingerprint density at radius 3 is 2.69 bits per heavy atom. The number of nitrogens with two attached hydrogens (primary N) is 1. The number of nitrogens with one attached hydrogen (secondary N) is 1. The van der Waals surface area contributed by atoms with E-state index in [1.807, 2.05) is 61.5 Å². The molecule has 3 N–H and O–H groups in total. The predicted octanol–water partition coefficient (Wildman–Crippen LogP) is 5.31. The maximum Gasteiger partial charge on any atom is 0.263 e. The summed E-state index contributed by atoms with van der Waals surface area (Å²) >= 11 is 0. The molecular formula is C31H30N6O2. The van der Waals surface area contributed by atoms with Crippen molar-refractivity contribution >= 4 is 34.2 Å². The van der Waals surface area contributed by atoms with E-state index in [4.69, 9.17) is 5.73 Å². The maximum absolute atomic E-state index is 14.2. The van der Waals surface area contributed by atoms with Crippen molar-refractivity contribution in [2.75, 3.05) is 5.73 Å².